The van der Waals surface area contributed by atoms with Crippen LogP contribution in [0.5, 0.6) is 0 Å². The monoisotopic (exact) mass is 264 g/mol. The topological polar surface area (TPSA) is 35.8 Å². The number of hydrogen-bond donors (Lipinski definition) is 1. The standard InChI is InChI=1S/C18H20N2/c1-13(2)16-8-5-15(6-9-16)12-20-18-10-14(3)4-7-17(18)11-19/h4-10,13,20H,12H2,1-3H3. The summed E-state index contributed by atoms with van der Waals surface area (Å²) in [4.78, 5) is 0. The molecule has 102 valence electrons. The number of nitrogens with one attached hydrogen (secondary N) is 1. The van der Waals surface area contributed by atoms with Crippen molar-refractivity contribution in [3.05, 3.63) is 64.7 Å². The molecule has 0 saturated carbocycles. The molecular formula is C18H20N2. The fourth-order valence-corrected chi connectivity index (χ4v) is 2.12. The molecule has 0 fully saturated rings. The molecule has 2 rings (SSSR count). The minimum atomic E-state index is 0.555. The zero-order valence-electron chi connectivity index (χ0n) is 12.3. The van der Waals surface area contributed by atoms with Gasteiger partial charge in [-0.1, -0.05) is 44.2 Å². The third-order valence-electron chi connectivity index (χ3n) is 3.42. The summed E-state index contributed by atoms with van der Waals surface area (Å²) >= 11 is 0. The molecule has 0 unspecified atom stereocenters. The second-order valence-corrected chi connectivity index (χ2v) is 5.41. The van der Waals surface area contributed by atoms with Crippen molar-refractivity contribution in [1.29, 1.82) is 5.26 Å². The van der Waals surface area contributed by atoms with Crippen LogP contribution in [0.15, 0.2) is 42.5 Å². The summed E-state index contributed by atoms with van der Waals surface area (Å²) in [5.74, 6) is 0.555. The maximum absolute atomic E-state index is 9.11. The number of aryl methyl sites for hydroxylation is 1. The Balaban J connectivity index is 2.09. The second-order valence-electron chi connectivity index (χ2n) is 5.41. The number of nitrogens with zero attached hydrogens (tertiary/aromatic N) is 1. The van der Waals surface area contributed by atoms with E-state index in [2.05, 4.69) is 49.5 Å². The van der Waals surface area contributed by atoms with Crippen LogP contribution in [0.3, 0.4) is 0 Å². The van der Waals surface area contributed by atoms with Crippen molar-refractivity contribution in [2.75, 3.05) is 5.32 Å². The van der Waals surface area contributed by atoms with Gasteiger partial charge < -0.3 is 5.32 Å². The molecular weight excluding hydrogens is 244 g/mol. The van der Waals surface area contributed by atoms with Crippen LogP contribution < -0.4 is 5.32 Å². The lowest BCUT2D eigenvalue weighted by Crippen LogP contribution is -2.02. The van der Waals surface area contributed by atoms with Crippen molar-refractivity contribution in [3.63, 3.8) is 0 Å². The Morgan fingerprint density at radius 1 is 1.10 bits per heavy atom. The molecule has 0 spiro atoms. The van der Waals surface area contributed by atoms with Crippen molar-refractivity contribution in [2.24, 2.45) is 0 Å². The number of hydrogen-bond acceptors (Lipinski definition) is 2. The summed E-state index contributed by atoms with van der Waals surface area (Å²) in [7, 11) is 0. The highest BCUT2D eigenvalue weighted by Crippen LogP contribution is 2.19. The van der Waals surface area contributed by atoms with E-state index < -0.39 is 0 Å². The van der Waals surface area contributed by atoms with Crippen LogP contribution in [0, 0.1) is 18.3 Å². The average Bonchev–Trinajstić information content (AvgIpc) is 2.45. The molecule has 0 aromatic heterocycles. The van der Waals surface area contributed by atoms with E-state index in [-0.39, 0.29) is 0 Å². The third kappa shape index (κ3) is 3.39. The molecule has 0 aliphatic heterocycles. The predicted octanol–water partition coefficient (Wildman–Crippen LogP) is 4.60. The number of anilines is 1. The van der Waals surface area contributed by atoms with E-state index in [0.29, 0.717) is 11.5 Å². The Labute approximate surface area is 121 Å². The lowest BCUT2D eigenvalue weighted by molar-refractivity contribution is 0.865. The van der Waals surface area contributed by atoms with E-state index in [0.717, 1.165) is 17.8 Å². The fraction of sp³-hybridized carbons (Fsp3) is 0.278. The van der Waals surface area contributed by atoms with Crippen molar-refractivity contribution in [2.45, 2.75) is 33.2 Å². The summed E-state index contributed by atoms with van der Waals surface area (Å²) < 4.78 is 0. The van der Waals surface area contributed by atoms with E-state index in [1.807, 2.05) is 25.1 Å². The van der Waals surface area contributed by atoms with Crippen LogP contribution in [0.1, 0.15) is 42.0 Å². The van der Waals surface area contributed by atoms with Gasteiger partial charge in [0.25, 0.3) is 0 Å². The molecule has 2 nitrogen and oxygen atoms in total. The van der Waals surface area contributed by atoms with Crippen LogP contribution in [-0.2, 0) is 6.54 Å². The summed E-state index contributed by atoms with van der Waals surface area (Å²) in [5.41, 5.74) is 5.32. The molecule has 0 bridgehead atoms. The highest BCUT2D eigenvalue weighted by molar-refractivity contribution is 5.59. The highest BCUT2D eigenvalue weighted by Gasteiger charge is 2.03. The first-order valence-electron chi connectivity index (χ1n) is 6.93. The van der Waals surface area contributed by atoms with Crippen LogP contribution in [0.2, 0.25) is 0 Å². The van der Waals surface area contributed by atoms with E-state index in [1.54, 1.807) is 0 Å². The van der Waals surface area contributed by atoms with Crippen molar-refractivity contribution in [1.82, 2.24) is 0 Å². The Morgan fingerprint density at radius 3 is 2.40 bits per heavy atom. The van der Waals surface area contributed by atoms with Crippen molar-refractivity contribution < 1.29 is 0 Å². The first-order valence-corrected chi connectivity index (χ1v) is 6.93. The quantitative estimate of drug-likeness (QED) is 0.875. The van der Waals surface area contributed by atoms with Gasteiger partial charge in [-0.15, -0.1) is 0 Å². The lowest BCUT2D eigenvalue weighted by Gasteiger charge is -2.10. The lowest BCUT2D eigenvalue weighted by atomic mass is 10.0. The van der Waals surface area contributed by atoms with E-state index in [9.17, 15) is 0 Å². The Hall–Kier alpha value is -2.27. The summed E-state index contributed by atoms with van der Waals surface area (Å²) in [6, 6.07) is 16.7. The molecule has 2 aromatic carbocycles. The van der Waals surface area contributed by atoms with Gasteiger partial charge >= 0.3 is 0 Å². The van der Waals surface area contributed by atoms with Gasteiger partial charge in [-0.3, -0.25) is 0 Å². The van der Waals surface area contributed by atoms with E-state index in [1.165, 1.54) is 11.1 Å². The largest absolute Gasteiger partial charge is 0.380 e. The number of rotatable bonds is 4. The van der Waals surface area contributed by atoms with Crippen molar-refractivity contribution in [3.8, 4) is 6.07 Å². The minimum absolute atomic E-state index is 0.555. The second kappa shape index (κ2) is 6.25. The molecule has 0 aliphatic carbocycles. The zero-order chi connectivity index (χ0) is 14.5. The molecule has 20 heavy (non-hydrogen) atoms. The van der Waals surface area contributed by atoms with Gasteiger partial charge in [0.2, 0.25) is 0 Å². The summed E-state index contributed by atoms with van der Waals surface area (Å²) in [5, 5.41) is 12.5. The van der Waals surface area contributed by atoms with Gasteiger partial charge in [0.05, 0.1) is 11.3 Å². The SMILES string of the molecule is Cc1ccc(C#N)c(NCc2ccc(C(C)C)cc2)c1. The van der Waals surface area contributed by atoms with Crippen molar-refractivity contribution >= 4 is 5.69 Å². The summed E-state index contributed by atoms with van der Waals surface area (Å²) in [6.45, 7) is 7.15. The Bertz CT molecular complexity index is 619. The fourth-order valence-electron chi connectivity index (χ4n) is 2.12. The van der Waals surface area contributed by atoms with Crippen LogP contribution in [-0.4, -0.2) is 0 Å². The molecule has 0 saturated heterocycles. The normalized spacial score (nSPS) is 10.3. The third-order valence-corrected chi connectivity index (χ3v) is 3.42. The van der Waals surface area contributed by atoms with Gasteiger partial charge in [-0.25, -0.2) is 0 Å². The molecule has 0 heterocycles. The minimum Gasteiger partial charge on any atom is -0.380 e. The van der Waals surface area contributed by atoms with Gasteiger partial charge in [0.15, 0.2) is 0 Å². The van der Waals surface area contributed by atoms with Crippen LogP contribution in [0.4, 0.5) is 5.69 Å². The van der Waals surface area contributed by atoms with Crippen LogP contribution >= 0.6 is 0 Å². The first-order chi connectivity index (χ1) is 9.60. The first kappa shape index (κ1) is 14.1. The summed E-state index contributed by atoms with van der Waals surface area (Å²) in [6.07, 6.45) is 0. The van der Waals surface area contributed by atoms with Gasteiger partial charge in [-0.2, -0.15) is 5.26 Å². The number of nitriles is 1. The van der Waals surface area contributed by atoms with Crippen LogP contribution in [0.25, 0.3) is 0 Å². The Morgan fingerprint density at radius 2 is 1.80 bits per heavy atom. The molecule has 0 radical (unpaired) electrons. The van der Waals surface area contributed by atoms with Gasteiger partial charge in [0.1, 0.15) is 6.07 Å². The predicted molar refractivity (Wildman–Crippen MR) is 83.8 cm³/mol. The smallest absolute Gasteiger partial charge is 0.101 e. The highest BCUT2D eigenvalue weighted by atomic mass is 14.9. The molecule has 0 amide bonds. The molecule has 0 aliphatic rings. The molecule has 2 heteroatoms. The van der Waals surface area contributed by atoms with E-state index in [4.69, 9.17) is 5.26 Å². The molecule has 2 aromatic rings. The zero-order valence-corrected chi connectivity index (χ0v) is 12.3. The molecule has 0 atom stereocenters. The maximum Gasteiger partial charge on any atom is 0.101 e. The van der Waals surface area contributed by atoms with Gasteiger partial charge in [-0.05, 0) is 41.7 Å². The number of benzene rings is 2. The Kier molecular flexibility index (Phi) is 4.42. The molecule has 1 N–H and O–H groups in total. The van der Waals surface area contributed by atoms with E-state index >= 15 is 0 Å². The average molecular weight is 264 g/mol. The van der Waals surface area contributed by atoms with Gasteiger partial charge in [0, 0.05) is 6.54 Å². The maximum atomic E-state index is 9.11.